The van der Waals surface area contributed by atoms with Crippen molar-refractivity contribution in [3.63, 3.8) is 0 Å². The second-order valence-electron chi connectivity index (χ2n) is 4.54. The molecule has 0 unspecified atom stereocenters. The average molecular weight is 352 g/mol. The lowest BCUT2D eigenvalue weighted by Crippen LogP contribution is -2.51. The molecule has 9 heteroatoms. The third kappa shape index (κ3) is 3.32. The number of piperazine rings is 1. The van der Waals surface area contributed by atoms with Crippen LogP contribution in [0.2, 0.25) is 10.0 Å². The van der Waals surface area contributed by atoms with Crippen LogP contribution in [-0.4, -0.2) is 56.3 Å². The zero-order valence-electron chi connectivity index (χ0n) is 11.1. The van der Waals surface area contributed by atoms with E-state index in [-0.39, 0.29) is 40.5 Å². The Morgan fingerprint density at radius 2 is 1.67 bits per heavy atom. The molecular weight excluding hydrogens is 337 g/mol. The second kappa shape index (κ2) is 6.50. The molecule has 1 heterocycles. The van der Waals surface area contributed by atoms with Crippen molar-refractivity contribution >= 4 is 39.1 Å². The van der Waals surface area contributed by atoms with Crippen LogP contribution in [0.15, 0.2) is 23.1 Å². The highest BCUT2D eigenvalue weighted by Crippen LogP contribution is 2.31. The minimum atomic E-state index is -3.78. The Kier molecular flexibility index (Phi) is 5.11. The van der Waals surface area contributed by atoms with Gasteiger partial charge in [-0.25, -0.2) is 8.42 Å². The Bertz CT molecular complexity index is 623. The second-order valence-corrected chi connectivity index (χ2v) is 7.23. The molecule has 0 atom stereocenters. The summed E-state index contributed by atoms with van der Waals surface area (Å²) >= 11 is 11.9. The molecule has 1 aliphatic heterocycles. The molecule has 21 heavy (non-hydrogen) atoms. The molecule has 0 aliphatic carbocycles. The van der Waals surface area contributed by atoms with Crippen molar-refractivity contribution in [2.24, 2.45) is 5.73 Å². The number of rotatable bonds is 3. The standard InChI is InChI=1S/C12H15Cl2N3O3S/c13-9-2-1-3-10(14)12(9)21(19,20)17-6-4-16(5-7-17)11(18)8-15/h1-3H,4-8,15H2. The number of carbonyl (C=O) groups is 1. The van der Waals surface area contributed by atoms with Crippen LogP contribution >= 0.6 is 23.2 Å². The fourth-order valence-corrected chi connectivity index (χ4v) is 4.68. The summed E-state index contributed by atoms with van der Waals surface area (Å²) in [7, 11) is -3.78. The lowest BCUT2D eigenvalue weighted by atomic mass is 10.3. The first kappa shape index (κ1) is 16.5. The van der Waals surface area contributed by atoms with Gasteiger partial charge in [0, 0.05) is 26.2 Å². The van der Waals surface area contributed by atoms with Gasteiger partial charge in [-0.1, -0.05) is 29.3 Å². The van der Waals surface area contributed by atoms with Crippen molar-refractivity contribution < 1.29 is 13.2 Å². The van der Waals surface area contributed by atoms with E-state index in [0.29, 0.717) is 13.1 Å². The van der Waals surface area contributed by atoms with Crippen LogP contribution < -0.4 is 5.73 Å². The molecule has 1 amide bonds. The Labute approximate surface area is 133 Å². The fourth-order valence-electron chi connectivity index (χ4n) is 2.17. The molecule has 116 valence electrons. The molecular formula is C12H15Cl2N3O3S. The maximum atomic E-state index is 12.6. The van der Waals surface area contributed by atoms with E-state index in [2.05, 4.69) is 0 Å². The first-order valence-corrected chi connectivity index (χ1v) is 8.49. The summed E-state index contributed by atoms with van der Waals surface area (Å²) in [5.41, 5.74) is 5.30. The van der Waals surface area contributed by atoms with Crippen molar-refractivity contribution in [1.82, 2.24) is 9.21 Å². The Morgan fingerprint density at radius 3 is 2.14 bits per heavy atom. The number of amides is 1. The number of halogens is 2. The summed E-state index contributed by atoms with van der Waals surface area (Å²) in [6.07, 6.45) is 0. The van der Waals surface area contributed by atoms with Gasteiger partial charge in [0.05, 0.1) is 16.6 Å². The van der Waals surface area contributed by atoms with E-state index in [1.807, 2.05) is 0 Å². The molecule has 0 aromatic heterocycles. The van der Waals surface area contributed by atoms with Crippen LogP contribution in [0.5, 0.6) is 0 Å². The van der Waals surface area contributed by atoms with Crippen LogP contribution in [0, 0.1) is 0 Å². The maximum absolute atomic E-state index is 12.6. The van der Waals surface area contributed by atoms with Crippen molar-refractivity contribution in [3.05, 3.63) is 28.2 Å². The lowest BCUT2D eigenvalue weighted by molar-refractivity contribution is -0.130. The molecule has 1 aromatic carbocycles. The number of nitrogens with zero attached hydrogens (tertiary/aromatic N) is 2. The maximum Gasteiger partial charge on any atom is 0.246 e. The number of sulfonamides is 1. The van der Waals surface area contributed by atoms with Crippen molar-refractivity contribution in [2.75, 3.05) is 32.7 Å². The highest BCUT2D eigenvalue weighted by atomic mass is 35.5. The minimum Gasteiger partial charge on any atom is -0.339 e. The molecule has 2 rings (SSSR count). The third-order valence-electron chi connectivity index (χ3n) is 3.28. The van der Waals surface area contributed by atoms with Crippen LogP contribution in [-0.2, 0) is 14.8 Å². The van der Waals surface area contributed by atoms with Gasteiger partial charge in [-0.15, -0.1) is 0 Å². The van der Waals surface area contributed by atoms with Gasteiger partial charge in [-0.05, 0) is 12.1 Å². The molecule has 0 bridgehead atoms. The first-order chi connectivity index (χ1) is 9.87. The van der Waals surface area contributed by atoms with Gasteiger partial charge in [0.15, 0.2) is 0 Å². The number of hydrogen-bond donors (Lipinski definition) is 1. The molecule has 1 aliphatic rings. The van der Waals surface area contributed by atoms with E-state index >= 15 is 0 Å². The normalized spacial score (nSPS) is 17.0. The van der Waals surface area contributed by atoms with Crippen molar-refractivity contribution in [1.29, 1.82) is 0 Å². The quantitative estimate of drug-likeness (QED) is 0.872. The fraction of sp³-hybridized carbons (Fsp3) is 0.417. The topological polar surface area (TPSA) is 83.7 Å². The Morgan fingerprint density at radius 1 is 1.14 bits per heavy atom. The molecule has 1 saturated heterocycles. The molecule has 6 nitrogen and oxygen atoms in total. The van der Waals surface area contributed by atoms with Gasteiger partial charge < -0.3 is 10.6 Å². The van der Waals surface area contributed by atoms with Gasteiger partial charge in [0.2, 0.25) is 15.9 Å². The first-order valence-electron chi connectivity index (χ1n) is 6.30. The zero-order valence-corrected chi connectivity index (χ0v) is 13.5. The van der Waals surface area contributed by atoms with Gasteiger partial charge in [-0.3, -0.25) is 4.79 Å². The molecule has 1 aromatic rings. The predicted molar refractivity (Wildman–Crippen MR) is 80.9 cm³/mol. The highest BCUT2D eigenvalue weighted by Gasteiger charge is 2.32. The minimum absolute atomic E-state index is 0.0803. The number of nitrogens with two attached hydrogens (primary N) is 1. The number of carbonyl (C=O) groups excluding carboxylic acids is 1. The van der Waals surface area contributed by atoms with Gasteiger partial charge >= 0.3 is 0 Å². The lowest BCUT2D eigenvalue weighted by Gasteiger charge is -2.34. The largest absolute Gasteiger partial charge is 0.339 e. The van der Waals surface area contributed by atoms with Crippen molar-refractivity contribution in [2.45, 2.75) is 4.90 Å². The summed E-state index contributed by atoms with van der Waals surface area (Å²) in [5.74, 6) is -0.192. The highest BCUT2D eigenvalue weighted by molar-refractivity contribution is 7.89. The molecule has 0 radical (unpaired) electrons. The van der Waals surface area contributed by atoms with Crippen LogP contribution in [0.1, 0.15) is 0 Å². The van der Waals surface area contributed by atoms with E-state index in [4.69, 9.17) is 28.9 Å². The monoisotopic (exact) mass is 351 g/mol. The van der Waals surface area contributed by atoms with Gasteiger partial charge in [0.1, 0.15) is 4.90 Å². The predicted octanol–water partition coefficient (Wildman–Crippen LogP) is 0.785. The number of hydrogen-bond acceptors (Lipinski definition) is 4. The van der Waals surface area contributed by atoms with Gasteiger partial charge in [0.25, 0.3) is 0 Å². The number of benzene rings is 1. The molecule has 0 spiro atoms. The summed E-state index contributed by atoms with van der Waals surface area (Å²) < 4.78 is 26.5. The van der Waals surface area contributed by atoms with E-state index in [1.165, 1.54) is 16.4 Å². The summed E-state index contributed by atoms with van der Waals surface area (Å²) in [5, 5.41) is 0.172. The Balaban J connectivity index is 2.21. The smallest absolute Gasteiger partial charge is 0.246 e. The SMILES string of the molecule is NCC(=O)N1CCN(S(=O)(=O)c2c(Cl)cccc2Cl)CC1. The van der Waals surface area contributed by atoms with Crippen LogP contribution in [0.25, 0.3) is 0 Å². The molecule has 0 saturated carbocycles. The molecule has 1 fully saturated rings. The third-order valence-corrected chi connectivity index (χ3v) is 6.14. The summed E-state index contributed by atoms with van der Waals surface area (Å²) in [6.45, 7) is 0.906. The van der Waals surface area contributed by atoms with E-state index < -0.39 is 10.0 Å². The van der Waals surface area contributed by atoms with Crippen LogP contribution in [0.4, 0.5) is 0 Å². The average Bonchev–Trinajstić information content (AvgIpc) is 2.46. The van der Waals surface area contributed by atoms with E-state index in [9.17, 15) is 13.2 Å². The van der Waals surface area contributed by atoms with Gasteiger partial charge in [-0.2, -0.15) is 4.31 Å². The van der Waals surface area contributed by atoms with E-state index in [0.717, 1.165) is 0 Å². The Hall–Kier alpha value is -0.860. The summed E-state index contributed by atoms with van der Waals surface area (Å²) in [6, 6.07) is 4.55. The molecule has 2 N–H and O–H groups in total. The van der Waals surface area contributed by atoms with Crippen LogP contribution in [0.3, 0.4) is 0 Å². The van der Waals surface area contributed by atoms with Crippen molar-refractivity contribution in [3.8, 4) is 0 Å². The zero-order chi connectivity index (χ0) is 15.6. The van der Waals surface area contributed by atoms with E-state index in [1.54, 1.807) is 11.0 Å². The summed E-state index contributed by atoms with van der Waals surface area (Å²) in [4.78, 5) is 12.9.